The summed E-state index contributed by atoms with van der Waals surface area (Å²) in [5.41, 5.74) is 2.22. The van der Waals surface area contributed by atoms with E-state index in [4.69, 9.17) is 0 Å². The van der Waals surface area contributed by atoms with Crippen LogP contribution in [0, 0.1) is 0 Å². The van der Waals surface area contributed by atoms with Crippen LogP contribution in [0.3, 0.4) is 0 Å². The van der Waals surface area contributed by atoms with Gasteiger partial charge in [-0.15, -0.1) is 0 Å². The van der Waals surface area contributed by atoms with Gasteiger partial charge < -0.3 is 20.4 Å². The summed E-state index contributed by atoms with van der Waals surface area (Å²) in [6.07, 6.45) is -1.30. The number of hydrogen-bond donors (Lipinski definition) is 3. The SMILES string of the molecule is CNCc1cc(Br)ccc1N1CC(O)C(O)C1. The third-order valence-corrected chi connectivity index (χ3v) is 3.50. The van der Waals surface area contributed by atoms with Crippen molar-refractivity contribution < 1.29 is 10.2 Å². The van der Waals surface area contributed by atoms with E-state index in [0.29, 0.717) is 13.1 Å². The van der Waals surface area contributed by atoms with E-state index in [-0.39, 0.29) is 0 Å². The molecule has 1 fully saturated rings. The molecule has 1 saturated heterocycles. The number of nitrogens with zero attached hydrogens (tertiary/aromatic N) is 1. The van der Waals surface area contributed by atoms with Crippen LogP contribution in [0.5, 0.6) is 0 Å². The molecule has 5 heteroatoms. The Bertz CT molecular complexity index is 390. The maximum absolute atomic E-state index is 9.59. The summed E-state index contributed by atoms with van der Waals surface area (Å²) in [7, 11) is 1.90. The second-order valence-corrected chi connectivity index (χ2v) is 5.26. The van der Waals surface area contributed by atoms with Crippen molar-refractivity contribution in [3.63, 3.8) is 0 Å². The molecule has 0 amide bonds. The van der Waals surface area contributed by atoms with Gasteiger partial charge in [0.15, 0.2) is 0 Å². The summed E-state index contributed by atoms with van der Waals surface area (Å²) in [5.74, 6) is 0. The van der Waals surface area contributed by atoms with Gasteiger partial charge in [0.1, 0.15) is 0 Å². The fourth-order valence-electron chi connectivity index (χ4n) is 2.16. The van der Waals surface area contributed by atoms with Crippen molar-refractivity contribution >= 4 is 21.6 Å². The molecular formula is C12H17BrN2O2. The molecule has 0 aliphatic carbocycles. The highest BCUT2D eigenvalue weighted by atomic mass is 79.9. The number of anilines is 1. The number of aliphatic hydroxyl groups excluding tert-OH is 2. The number of aliphatic hydroxyl groups is 2. The van der Waals surface area contributed by atoms with Gasteiger partial charge in [0, 0.05) is 29.8 Å². The smallest absolute Gasteiger partial charge is 0.0990 e. The van der Waals surface area contributed by atoms with Crippen molar-refractivity contribution in [3.05, 3.63) is 28.2 Å². The minimum absolute atomic E-state index is 0.486. The molecule has 17 heavy (non-hydrogen) atoms. The lowest BCUT2D eigenvalue weighted by Gasteiger charge is -2.21. The number of nitrogens with one attached hydrogen (secondary N) is 1. The summed E-state index contributed by atoms with van der Waals surface area (Å²) >= 11 is 3.45. The summed E-state index contributed by atoms with van der Waals surface area (Å²) in [5, 5.41) is 22.3. The number of halogens is 1. The van der Waals surface area contributed by atoms with E-state index in [9.17, 15) is 10.2 Å². The van der Waals surface area contributed by atoms with Crippen LogP contribution in [0.25, 0.3) is 0 Å². The van der Waals surface area contributed by atoms with Gasteiger partial charge in [0.25, 0.3) is 0 Å². The van der Waals surface area contributed by atoms with Crippen molar-refractivity contribution in [2.45, 2.75) is 18.8 Å². The topological polar surface area (TPSA) is 55.7 Å². The zero-order valence-electron chi connectivity index (χ0n) is 9.73. The second kappa shape index (κ2) is 5.35. The van der Waals surface area contributed by atoms with Crippen molar-refractivity contribution in [3.8, 4) is 0 Å². The summed E-state index contributed by atoms with van der Waals surface area (Å²) < 4.78 is 1.03. The molecule has 1 aliphatic rings. The van der Waals surface area contributed by atoms with Gasteiger partial charge in [-0.2, -0.15) is 0 Å². The zero-order chi connectivity index (χ0) is 12.4. The Labute approximate surface area is 109 Å². The largest absolute Gasteiger partial charge is 0.389 e. The van der Waals surface area contributed by atoms with Gasteiger partial charge in [-0.25, -0.2) is 0 Å². The number of benzene rings is 1. The highest BCUT2D eigenvalue weighted by molar-refractivity contribution is 9.10. The lowest BCUT2D eigenvalue weighted by molar-refractivity contribution is 0.0572. The molecule has 94 valence electrons. The molecule has 0 aromatic heterocycles. The molecule has 0 radical (unpaired) electrons. The van der Waals surface area contributed by atoms with Crippen molar-refractivity contribution in [2.24, 2.45) is 0 Å². The van der Waals surface area contributed by atoms with Crippen molar-refractivity contribution in [1.29, 1.82) is 0 Å². The van der Waals surface area contributed by atoms with Crippen molar-refractivity contribution in [2.75, 3.05) is 25.0 Å². The summed E-state index contributed by atoms with van der Waals surface area (Å²) in [6, 6.07) is 6.05. The molecule has 4 nitrogen and oxygen atoms in total. The minimum atomic E-state index is -0.652. The van der Waals surface area contributed by atoms with Gasteiger partial charge in [0.05, 0.1) is 12.2 Å². The van der Waals surface area contributed by atoms with Crippen LogP contribution in [-0.2, 0) is 6.54 Å². The fraction of sp³-hybridized carbons (Fsp3) is 0.500. The molecule has 1 aromatic rings. The molecule has 0 bridgehead atoms. The van der Waals surface area contributed by atoms with E-state index in [0.717, 1.165) is 22.3 Å². The van der Waals surface area contributed by atoms with Gasteiger partial charge >= 0.3 is 0 Å². The van der Waals surface area contributed by atoms with Crippen molar-refractivity contribution in [1.82, 2.24) is 5.32 Å². The van der Waals surface area contributed by atoms with E-state index in [2.05, 4.69) is 27.3 Å². The average molecular weight is 301 g/mol. The molecule has 2 rings (SSSR count). The highest BCUT2D eigenvalue weighted by Gasteiger charge is 2.30. The van der Waals surface area contributed by atoms with Crippen LogP contribution >= 0.6 is 15.9 Å². The standard InChI is InChI=1S/C12H17BrN2O2/c1-14-5-8-4-9(13)2-3-10(8)15-6-11(16)12(17)7-15/h2-4,11-12,14,16-17H,5-7H2,1H3. The number of rotatable bonds is 3. The molecule has 1 heterocycles. The zero-order valence-corrected chi connectivity index (χ0v) is 11.3. The van der Waals surface area contributed by atoms with E-state index < -0.39 is 12.2 Å². The third kappa shape index (κ3) is 2.80. The number of β-amino-alcohol motifs (C(OH)–C–C–N with tert-alkyl or cyclic N) is 2. The summed E-state index contributed by atoms with van der Waals surface area (Å²) in [4.78, 5) is 2.02. The highest BCUT2D eigenvalue weighted by Crippen LogP contribution is 2.27. The Hall–Kier alpha value is -0.620. The van der Waals surface area contributed by atoms with E-state index in [1.54, 1.807) is 0 Å². The van der Waals surface area contributed by atoms with Crippen LogP contribution in [0.2, 0.25) is 0 Å². The minimum Gasteiger partial charge on any atom is -0.389 e. The molecular weight excluding hydrogens is 284 g/mol. The third-order valence-electron chi connectivity index (χ3n) is 3.01. The van der Waals surface area contributed by atoms with Gasteiger partial charge in [-0.1, -0.05) is 15.9 Å². The first kappa shape index (κ1) is 12.8. The van der Waals surface area contributed by atoms with Crippen LogP contribution in [-0.4, -0.2) is 42.6 Å². The summed E-state index contributed by atoms with van der Waals surface area (Å²) in [6.45, 7) is 1.73. The van der Waals surface area contributed by atoms with Gasteiger partial charge in [0.2, 0.25) is 0 Å². The first-order valence-corrected chi connectivity index (χ1v) is 6.45. The first-order valence-electron chi connectivity index (χ1n) is 5.66. The normalized spacial score (nSPS) is 24.4. The Morgan fingerprint density at radius 3 is 2.59 bits per heavy atom. The van der Waals surface area contributed by atoms with E-state index in [1.807, 2.05) is 24.1 Å². The lowest BCUT2D eigenvalue weighted by Crippen LogP contribution is -2.23. The Morgan fingerprint density at radius 2 is 2.00 bits per heavy atom. The maximum Gasteiger partial charge on any atom is 0.0990 e. The molecule has 3 N–H and O–H groups in total. The molecule has 1 aromatic carbocycles. The quantitative estimate of drug-likeness (QED) is 0.770. The first-order chi connectivity index (χ1) is 8.11. The van der Waals surface area contributed by atoms with Crippen LogP contribution in [0.4, 0.5) is 5.69 Å². The Balaban J connectivity index is 2.25. The van der Waals surface area contributed by atoms with E-state index >= 15 is 0 Å². The molecule has 1 aliphatic heterocycles. The predicted octanol–water partition coefficient (Wildman–Crippen LogP) is 0.710. The monoisotopic (exact) mass is 300 g/mol. The Morgan fingerprint density at radius 1 is 1.35 bits per heavy atom. The van der Waals surface area contributed by atoms with Crippen LogP contribution < -0.4 is 10.2 Å². The predicted molar refractivity (Wildman–Crippen MR) is 71.1 cm³/mol. The van der Waals surface area contributed by atoms with E-state index in [1.165, 1.54) is 0 Å². The van der Waals surface area contributed by atoms with Gasteiger partial charge in [-0.05, 0) is 30.8 Å². The fourth-order valence-corrected chi connectivity index (χ4v) is 2.57. The molecule has 0 spiro atoms. The lowest BCUT2D eigenvalue weighted by atomic mass is 10.1. The van der Waals surface area contributed by atoms with Gasteiger partial charge in [-0.3, -0.25) is 0 Å². The Kier molecular flexibility index (Phi) is 4.04. The molecule has 2 unspecified atom stereocenters. The molecule has 2 atom stereocenters. The van der Waals surface area contributed by atoms with Crippen LogP contribution in [0.1, 0.15) is 5.56 Å². The molecule has 0 saturated carbocycles. The second-order valence-electron chi connectivity index (χ2n) is 4.34. The maximum atomic E-state index is 9.59. The number of hydrogen-bond acceptors (Lipinski definition) is 4. The average Bonchev–Trinajstić information content (AvgIpc) is 2.60. The van der Waals surface area contributed by atoms with Crippen LogP contribution in [0.15, 0.2) is 22.7 Å².